The normalized spacial score (nSPS) is 12.4. The van der Waals surface area contributed by atoms with E-state index in [1.54, 1.807) is 14.0 Å². The summed E-state index contributed by atoms with van der Waals surface area (Å²) in [5, 5.41) is 11.0. The minimum Gasteiger partial charge on any atom is -0.496 e. The maximum atomic E-state index is 11.0. The Morgan fingerprint density at radius 3 is 2.71 bits per heavy atom. The fraction of sp³-hybridized carbons (Fsp3) is 0.214. The lowest BCUT2D eigenvalue weighted by Gasteiger charge is -2.10. The molecule has 2 aromatic carbocycles. The van der Waals surface area contributed by atoms with E-state index in [0.29, 0.717) is 0 Å². The molecule has 0 aliphatic heterocycles. The molecule has 0 aliphatic carbocycles. The zero-order valence-electron chi connectivity index (χ0n) is 9.81. The van der Waals surface area contributed by atoms with Gasteiger partial charge in [-0.1, -0.05) is 24.3 Å². The molecule has 0 unspecified atom stereocenters. The lowest BCUT2D eigenvalue weighted by molar-refractivity contribution is -0.138. The van der Waals surface area contributed by atoms with Crippen LogP contribution in [0, 0.1) is 0 Å². The summed E-state index contributed by atoms with van der Waals surface area (Å²) in [5.41, 5.74) is 0.787. The van der Waals surface area contributed by atoms with E-state index in [1.165, 1.54) is 0 Å². The van der Waals surface area contributed by atoms with Crippen molar-refractivity contribution in [1.82, 2.24) is 0 Å². The maximum Gasteiger partial charge on any atom is 0.310 e. The highest BCUT2D eigenvalue weighted by Crippen LogP contribution is 2.28. The van der Waals surface area contributed by atoms with Gasteiger partial charge in [0, 0.05) is 5.39 Å². The third kappa shape index (κ3) is 2.09. The van der Waals surface area contributed by atoms with Crippen molar-refractivity contribution in [3.05, 3.63) is 42.0 Å². The molecule has 1 N–H and O–H groups in total. The number of carboxylic acid groups (broad SMARTS) is 1. The van der Waals surface area contributed by atoms with Gasteiger partial charge in [0.2, 0.25) is 0 Å². The standard InChI is InChI=1S/C14H14O3/c1-9(14(15)16)11-7-6-10-4-3-5-13(17-2)12(10)8-11/h3-9H,1-2H3,(H,15,16)/t9-/m0/s1. The molecule has 0 radical (unpaired) electrons. The molecule has 0 bridgehead atoms. The van der Waals surface area contributed by atoms with E-state index in [1.807, 2.05) is 36.4 Å². The number of rotatable bonds is 3. The molecule has 2 aromatic rings. The summed E-state index contributed by atoms with van der Waals surface area (Å²) >= 11 is 0. The summed E-state index contributed by atoms with van der Waals surface area (Å²) in [4.78, 5) is 11.0. The number of benzene rings is 2. The quantitative estimate of drug-likeness (QED) is 0.881. The predicted molar refractivity (Wildman–Crippen MR) is 66.6 cm³/mol. The van der Waals surface area contributed by atoms with Crippen LogP contribution in [0.1, 0.15) is 18.4 Å². The number of ether oxygens (including phenoxy) is 1. The van der Waals surface area contributed by atoms with Crippen LogP contribution >= 0.6 is 0 Å². The largest absolute Gasteiger partial charge is 0.496 e. The van der Waals surface area contributed by atoms with E-state index >= 15 is 0 Å². The highest BCUT2D eigenvalue weighted by atomic mass is 16.5. The second kappa shape index (κ2) is 4.45. The fourth-order valence-electron chi connectivity index (χ4n) is 1.85. The lowest BCUT2D eigenvalue weighted by atomic mass is 9.97. The third-order valence-corrected chi connectivity index (χ3v) is 2.96. The van der Waals surface area contributed by atoms with Crippen molar-refractivity contribution in [2.75, 3.05) is 7.11 Å². The molecule has 0 heterocycles. The van der Waals surface area contributed by atoms with E-state index in [4.69, 9.17) is 9.84 Å². The van der Waals surface area contributed by atoms with Gasteiger partial charge in [-0.3, -0.25) is 4.79 Å². The molecule has 0 saturated heterocycles. The van der Waals surface area contributed by atoms with Crippen LogP contribution in [0.3, 0.4) is 0 Å². The van der Waals surface area contributed by atoms with Crippen molar-refractivity contribution in [2.24, 2.45) is 0 Å². The molecule has 0 amide bonds. The Balaban J connectivity index is 2.59. The molecular formula is C14H14O3. The summed E-state index contributed by atoms with van der Waals surface area (Å²) in [7, 11) is 1.61. The Morgan fingerprint density at radius 2 is 2.06 bits per heavy atom. The Labute approximate surface area is 99.6 Å². The van der Waals surface area contributed by atoms with Gasteiger partial charge in [0.1, 0.15) is 5.75 Å². The van der Waals surface area contributed by atoms with E-state index in [0.717, 1.165) is 22.1 Å². The molecule has 17 heavy (non-hydrogen) atoms. The van der Waals surface area contributed by atoms with Crippen LogP contribution in [0.25, 0.3) is 10.8 Å². The third-order valence-electron chi connectivity index (χ3n) is 2.96. The number of fused-ring (bicyclic) bond motifs is 1. The molecular weight excluding hydrogens is 216 g/mol. The Kier molecular flexibility index (Phi) is 3.00. The van der Waals surface area contributed by atoms with Gasteiger partial charge >= 0.3 is 5.97 Å². The number of hydrogen-bond donors (Lipinski definition) is 1. The van der Waals surface area contributed by atoms with Crippen LogP contribution in [-0.4, -0.2) is 18.2 Å². The fourth-order valence-corrected chi connectivity index (χ4v) is 1.85. The molecule has 3 heteroatoms. The van der Waals surface area contributed by atoms with Gasteiger partial charge in [-0.2, -0.15) is 0 Å². The molecule has 2 rings (SSSR count). The average molecular weight is 230 g/mol. The number of carbonyl (C=O) groups is 1. The topological polar surface area (TPSA) is 46.5 Å². The zero-order valence-corrected chi connectivity index (χ0v) is 9.81. The number of hydrogen-bond acceptors (Lipinski definition) is 2. The van der Waals surface area contributed by atoms with Crippen molar-refractivity contribution in [3.8, 4) is 5.75 Å². The van der Waals surface area contributed by atoms with Gasteiger partial charge in [-0.15, -0.1) is 0 Å². The van der Waals surface area contributed by atoms with Crippen molar-refractivity contribution in [3.63, 3.8) is 0 Å². The zero-order chi connectivity index (χ0) is 12.4. The summed E-state index contributed by atoms with van der Waals surface area (Å²) in [6.07, 6.45) is 0. The monoisotopic (exact) mass is 230 g/mol. The van der Waals surface area contributed by atoms with E-state index < -0.39 is 11.9 Å². The van der Waals surface area contributed by atoms with E-state index in [9.17, 15) is 4.79 Å². The number of carboxylic acids is 1. The van der Waals surface area contributed by atoms with Crippen LogP contribution in [0.4, 0.5) is 0 Å². The first kappa shape index (κ1) is 11.5. The van der Waals surface area contributed by atoms with Crippen molar-refractivity contribution >= 4 is 16.7 Å². The Morgan fingerprint density at radius 1 is 1.29 bits per heavy atom. The van der Waals surface area contributed by atoms with Crippen LogP contribution in [0.15, 0.2) is 36.4 Å². The first-order valence-electron chi connectivity index (χ1n) is 5.43. The SMILES string of the molecule is COc1cccc2ccc([C@H](C)C(=O)O)cc12. The first-order valence-corrected chi connectivity index (χ1v) is 5.43. The van der Waals surface area contributed by atoms with Gasteiger partial charge in [0.05, 0.1) is 13.0 Å². The minimum absolute atomic E-state index is 0.510. The first-order chi connectivity index (χ1) is 8.13. The van der Waals surface area contributed by atoms with Crippen molar-refractivity contribution in [2.45, 2.75) is 12.8 Å². The lowest BCUT2D eigenvalue weighted by Crippen LogP contribution is -2.07. The summed E-state index contributed by atoms with van der Waals surface area (Å²) in [5.74, 6) is -0.564. The molecule has 0 aliphatic rings. The van der Waals surface area contributed by atoms with Gasteiger partial charge in [-0.05, 0) is 30.0 Å². The number of methoxy groups -OCH3 is 1. The molecule has 0 fully saturated rings. The molecule has 0 aromatic heterocycles. The summed E-state index contributed by atoms with van der Waals surface area (Å²) < 4.78 is 5.28. The van der Waals surface area contributed by atoms with E-state index in [2.05, 4.69) is 0 Å². The average Bonchev–Trinajstić information content (AvgIpc) is 2.36. The van der Waals surface area contributed by atoms with Gasteiger partial charge in [0.15, 0.2) is 0 Å². The molecule has 0 saturated carbocycles. The molecule has 1 atom stereocenters. The van der Waals surface area contributed by atoms with Crippen LogP contribution in [0.2, 0.25) is 0 Å². The van der Waals surface area contributed by atoms with Gasteiger partial charge in [-0.25, -0.2) is 0 Å². The van der Waals surface area contributed by atoms with E-state index in [-0.39, 0.29) is 0 Å². The predicted octanol–water partition coefficient (Wildman–Crippen LogP) is 3.04. The molecule has 88 valence electrons. The van der Waals surface area contributed by atoms with Gasteiger partial charge in [0.25, 0.3) is 0 Å². The second-order valence-corrected chi connectivity index (χ2v) is 4.00. The Bertz CT molecular complexity index is 560. The summed E-state index contributed by atoms with van der Waals surface area (Å²) in [6.45, 7) is 1.68. The Hall–Kier alpha value is -2.03. The van der Waals surface area contributed by atoms with Crippen LogP contribution in [-0.2, 0) is 4.79 Å². The highest BCUT2D eigenvalue weighted by molar-refractivity contribution is 5.90. The van der Waals surface area contributed by atoms with Crippen LogP contribution in [0.5, 0.6) is 5.75 Å². The second-order valence-electron chi connectivity index (χ2n) is 4.00. The molecule has 0 spiro atoms. The maximum absolute atomic E-state index is 11.0. The molecule has 3 nitrogen and oxygen atoms in total. The van der Waals surface area contributed by atoms with Gasteiger partial charge < -0.3 is 9.84 Å². The highest BCUT2D eigenvalue weighted by Gasteiger charge is 2.14. The number of aliphatic carboxylic acids is 1. The van der Waals surface area contributed by atoms with Crippen LogP contribution < -0.4 is 4.74 Å². The smallest absolute Gasteiger partial charge is 0.310 e. The van der Waals surface area contributed by atoms with Crippen molar-refractivity contribution in [1.29, 1.82) is 0 Å². The minimum atomic E-state index is -0.820. The van der Waals surface area contributed by atoms with Crippen molar-refractivity contribution < 1.29 is 14.6 Å². The summed E-state index contributed by atoms with van der Waals surface area (Å²) in [6, 6.07) is 11.4.